The summed E-state index contributed by atoms with van der Waals surface area (Å²) in [5.41, 5.74) is 1.54. The maximum absolute atomic E-state index is 12.7. The smallest absolute Gasteiger partial charge is 0.274 e. The lowest BCUT2D eigenvalue weighted by atomic mass is 9.95. The third-order valence-electron chi connectivity index (χ3n) is 5.72. The van der Waals surface area contributed by atoms with Crippen LogP contribution in [0, 0.1) is 23.0 Å². The van der Waals surface area contributed by atoms with Crippen LogP contribution in [0.2, 0.25) is 10.0 Å². The first-order valence-electron chi connectivity index (χ1n) is 10.4. The number of nitro groups is 1. The van der Waals surface area contributed by atoms with Crippen molar-refractivity contribution in [1.82, 2.24) is 15.0 Å². The molecule has 9 nitrogen and oxygen atoms in total. The summed E-state index contributed by atoms with van der Waals surface area (Å²) in [4.78, 5) is 30.0. The standard InChI is InChI=1S/C22H21Cl2N5O4/c1-13-18(3-2-4-19(13)29(31)32)25-22(30)14-7-9-28(10-8-14)12-20-26-21(27-33-20)16-6-5-15(23)11-17(16)24/h2-6,11,14H,7-10,12H2,1H3,(H,25,30). The highest BCUT2D eigenvalue weighted by molar-refractivity contribution is 6.36. The first-order valence-corrected chi connectivity index (χ1v) is 11.1. The number of rotatable bonds is 6. The normalized spacial score (nSPS) is 14.9. The van der Waals surface area contributed by atoms with Gasteiger partial charge in [0.25, 0.3) is 5.69 Å². The molecule has 4 rings (SSSR count). The summed E-state index contributed by atoms with van der Waals surface area (Å²) in [5.74, 6) is 0.557. The van der Waals surface area contributed by atoms with Gasteiger partial charge in [0, 0.05) is 22.6 Å². The summed E-state index contributed by atoms with van der Waals surface area (Å²) in [5, 5.41) is 18.9. The number of piperidine rings is 1. The maximum atomic E-state index is 12.7. The van der Waals surface area contributed by atoms with Crippen LogP contribution in [-0.2, 0) is 11.3 Å². The van der Waals surface area contributed by atoms with Crippen molar-refractivity contribution in [1.29, 1.82) is 0 Å². The number of anilines is 1. The summed E-state index contributed by atoms with van der Waals surface area (Å²) in [6.45, 7) is 3.47. The monoisotopic (exact) mass is 489 g/mol. The van der Waals surface area contributed by atoms with Crippen LogP contribution in [0.3, 0.4) is 0 Å². The number of amides is 1. The van der Waals surface area contributed by atoms with E-state index in [1.165, 1.54) is 6.07 Å². The van der Waals surface area contributed by atoms with E-state index in [1.54, 1.807) is 37.3 Å². The van der Waals surface area contributed by atoms with Gasteiger partial charge in [-0.15, -0.1) is 0 Å². The molecule has 0 saturated carbocycles. The van der Waals surface area contributed by atoms with Gasteiger partial charge < -0.3 is 9.84 Å². The van der Waals surface area contributed by atoms with E-state index in [9.17, 15) is 14.9 Å². The van der Waals surface area contributed by atoms with E-state index in [0.717, 1.165) is 0 Å². The first-order chi connectivity index (χ1) is 15.8. The zero-order valence-corrected chi connectivity index (χ0v) is 19.3. The average molecular weight is 490 g/mol. The van der Waals surface area contributed by atoms with Gasteiger partial charge in [0.1, 0.15) is 0 Å². The molecule has 0 atom stereocenters. The Morgan fingerprint density at radius 3 is 2.73 bits per heavy atom. The molecule has 2 aromatic carbocycles. The maximum Gasteiger partial charge on any atom is 0.274 e. The van der Waals surface area contributed by atoms with E-state index < -0.39 is 4.92 Å². The van der Waals surface area contributed by atoms with Crippen molar-refractivity contribution < 1.29 is 14.2 Å². The molecule has 3 aromatic rings. The van der Waals surface area contributed by atoms with Crippen LogP contribution >= 0.6 is 23.2 Å². The van der Waals surface area contributed by atoms with Crippen LogP contribution in [0.5, 0.6) is 0 Å². The molecule has 0 aliphatic carbocycles. The highest BCUT2D eigenvalue weighted by Gasteiger charge is 2.27. The van der Waals surface area contributed by atoms with E-state index in [1.807, 2.05) is 0 Å². The van der Waals surface area contributed by atoms with Gasteiger partial charge in [-0.05, 0) is 57.1 Å². The zero-order valence-electron chi connectivity index (χ0n) is 17.8. The molecule has 1 aliphatic rings. The molecule has 1 saturated heterocycles. The topological polar surface area (TPSA) is 114 Å². The van der Waals surface area contributed by atoms with Crippen LogP contribution in [0.1, 0.15) is 24.3 Å². The molecule has 0 bridgehead atoms. The Balaban J connectivity index is 1.32. The van der Waals surface area contributed by atoms with Crippen molar-refractivity contribution in [2.75, 3.05) is 18.4 Å². The Morgan fingerprint density at radius 1 is 1.27 bits per heavy atom. The molecule has 1 aliphatic heterocycles. The molecule has 1 amide bonds. The lowest BCUT2D eigenvalue weighted by molar-refractivity contribution is -0.385. The van der Waals surface area contributed by atoms with Gasteiger partial charge in [0.2, 0.25) is 17.6 Å². The van der Waals surface area contributed by atoms with Crippen molar-refractivity contribution >= 4 is 40.5 Å². The fourth-order valence-corrected chi connectivity index (χ4v) is 4.33. The number of hydrogen-bond donors (Lipinski definition) is 1. The average Bonchev–Trinajstić information content (AvgIpc) is 3.23. The van der Waals surface area contributed by atoms with Gasteiger partial charge in [-0.1, -0.05) is 34.4 Å². The van der Waals surface area contributed by atoms with Crippen LogP contribution in [0.15, 0.2) is 40.9 Å². The number of benzene rings is 2. The van der Waals surface area contributed by atoms with Gasteiger partial charge in [0.05, 0.1) is 27.7 Å². The molecule has 1 N–H and O–H groups in total. The molecule has 172 valence electrons. The highest BCUT2D eigenvalue weighted by Crippen LogP contribution is 2.29. The fourth-order valence-electron chi connectivity index (χ4n) is 3.84. The molecular weight excluding hydrogens is 469 g/mol. The van der Waals surface area contributed by atoms with Gasteiger partial charge >= 0.3 is 0 Å². The molecule has 1 aromatic heterocycles. The Labute approximate surface area is 199 Å². The molecule has 0 unspecified atom stereocenters. The molecular formula is C22H21Cl2N5O4. The second-order valence-corrected chi connectivity index (χ2v) is 8.73. The lowest BCUT2D eigenvalue weighted by Crippen LogP contribution is -2.37. The number of nitrogens with zero attached hydrogens (tertiary/aromatic N) is 4. The summed E-state index contributed by atoms with van der Waals surface area (Å²) in [7, 11) is 0. The zero-order chi connectivity index (χ0) is 23.5. The minimum Gasteiger partial charge on any atom is -0.338 e. The number of carbonyl (C=O) groups excluding carboxylic acids is 1. The van der Waals surface area contributed by atoms with Crippen LogP contribution in [0.4, 0.5) is 11.4 Å². The number of hydrogen-bond acceptors (Lipinski definition) is 7. The number of carbonyl (C=O) groups is 1. The molecule has 2 heterocycles. The van der Waals surface area contributed by atoms with Crippen molar-refractivity contribution in [2.24, 2.45) is 5.92 Å². The molecule has 33 heavy (non-hydrogen) atoms. The number of nitrogens with one attached hydrogen (secondary N) is 1. The minimum absolute atomic E-state index is 0.0126. The van der Waals surface area contributed by atoms with E-state index in [2.05, 4.69) is 20.4 Å². The summed E-state index contributed by atoms with van der Waals surface area (Å²) >= 11 is 12.1. The summed E-state index contributed by atoms with van der Waals surface area (Å²) in [6.07, 6.45) is 1.31. The molecule has 0 spiro atoms. The van der Waals surface area contributed by atoms with Gasteiger partial charge in [0.15, 0.2) is 0 Å². The Hall–Kier alpha value is -3.01. The second-order valence-electron chi connectivity index (χ2n) is 7.88. The van der Waals surface area contributed by atoms with E-state index >= 15 is 0 Å². The molecule has 1 fully saturated rings. The molecule has 0 radical (unpaired) electrons. The van der Waals surface area contributed by atoms with Crippen molar-refractivity contribution in [3.8, 4) is 11.4 Å². The van der Waals surface area contributed by atoms with Gasteiger partial charge in [-0.2, -0.15) is 4.98 Å². The third kappa shape index (κ3) is 5.32. The Morgan fingerprint density at radius 2 is 2.03 bits per heavy atom. The number of nitro benzene ring substituents is 1. The number of halogens is 2. The third-order valence-corrected chi connectivity index (χ3v) is 6.26. The van der Waals surface area contributed by atoms with Crippen LogP contribution in [0.25, 0.3) is 11.4 Å². The number of aromatic nitrogens is 2. The predicted octanol–water partition coefficient (Wildman–Crippen LogP) is 5.11. The first kappa shape index (κ1) is 23.2. The summed E-state index contributed by atoms with van der Waals surface area (Å²) < 4.78 is 5.38. The van der Waals surface area contributed by atoms with E-state index in [0.29, 0.717) is 71.1 Å². The molecule has 11 heteroatoms. The van der Waals surface area contributed by atoms with Gasteiger partial charge in [-0.25, -0.2) is 0 Å². The van der Waals surface area contributed by atoms with E-state index in [-0.39, 0.29) is 17.5 Å². The quantitative estimate of drug-likeness (QED) is 0.377. The predicted molar refractivity (Wildman–Crippen MR) is 124 cm³/mol. The van der Waals surface area contributed by atoms with Crippen molar-refractivity contribution in [3.63, 3.8) is 0 Å². The van der Waals surface area contributed by atoms with Gasteiger partial charge in [-0.3, -0.25) is 19.8 Å². The van der Waals surface area contributed by atoms with Crippen molar-refractivity contribution in [3.05, 3.63) is 68.0 Å². The second kappa shape index (κ2) is 9.86. The van der Waals surface area contributed by atoms with E-state index in [4.69, 9.17) is 27.7 Å². The lowest BCUT2D eigenvalue weighted by Gasteiger charge is -2.30. The Bertz CT molecular complexity index is 1190. The summed E-state index contributed by atoms with van der Waals surface area (Å²) in [6, 6.07) is 9.75. The Kier molecular flexibility index (Phi) is 6.92. The highest BCUT2D eigenvalue weighted by atomic mass is 35.5. The van der Waals surface area contributed by atoms with Crippen LogP contribution < -0.4 is 5.32 Å². The largest absolute Gasteiger partial charge is 0.338 e. The number of likely N-dealkylation sites (tertiary alicyclic amines) is 1. The van der Waals surface area contributed by atoms with Crippen molar-refractivity contribution in [2.45, 2.75) is 26.3 Å². The van der Waals surface area contributed by atoms with Crippen LogP contribution in [-0.4, -0.2) is 39.0 Å². The fraction of sp³-hybridized carbons (Fsp3) is 0.318. The SMILES string of the molecule is Cc1c(NC(=O)C2CCN(Cc3nc(-c4ccc(Cl)cc4Cl)no3)CC2)cccc1[N+](=O)[O-]. The minimum atomic E-state index is -0.451.